The van der Waals surface area contributed by atoms with E-state index in [9.17, 15) is 5.11 Å². The highest BCUT2D eigenvalue weighted by atomic mass is 16.3. The fourth-order valence-corrected chi connectivity index (χ4v) is 2.46. The van der Waals surface area contributed by atoms with E-state index in [1.54, 1.807) is 18.6 Å². The van der Waals surface area contributed by atoms with Gasteiger partial charge in [-0.25, -0.2) is 4.98 Å². The number of hydrogen-bond donors (Lipinski definition) is 2. The summed E-state index contributed by atoms with van der Waals surface area (Å²) >= 11 is 0. The zero-order chi connectivity index (χ0) is 14.1. The van der Waals surface area contributed by atoms with E-state index in [1.807, 2.05) is 37.3 Å². The topological polar surface area (TPSA) is 72.0 Å². The average molecular weight is 265 g/mol. The third kappa shape index (κ3) is 2.00. The van der Waals surface area contributed by atoms with Gasteiger partial charge in [0.15, 0.2) is 0 Å². The molecule has 2 aromatic heterocycles. The Bertz CT molecular complexity index is 745. The molecule has 0 saturated heterocycles. The lowest BCUT2D eigenvalue weighted by atomic mass is 9.96. The minimum Gasteiger partial charge on any atom is -0.383 e. The van der Waals surface area contributed by atoms with Crippen molar-refractivity contribution in [3.63, 3.8) is 0 Å². The highest BCUT2D eigenvalue weighted by Crippen LogP contribution is 2.31. The molecule has 0 aliphatic heterocycles. The van der Waals surface area contributed by atoms with Crippen LogP contribution >= 0.6 is 0 Å². The Morgan fingerprint density at radius 3 is 2.75 bits per heavy atom. The molecule has 0 radical (unpaired) electrons. The Kier molecular flexibility index (Phi) is 3.08. The zero-order valence-corrected chi connectivity index (χ0v) is 11.1. The first kappa shape index (κ1) is 12.6. The molecule has 0 aliphatic carbocycles. The third-order valence-corrected chi connectivity index (χ3v) is 3.51. The number of aliphatic hydroxyl groups excluding tert-OH is 1. The van der Waals surface area contributed by atoms with Crippen LogP contribution in [-0.2, 0) is 0 Å². The quantitative estimate of drug-likeness (QED) is 0.747. The van der Waals surface area contributed by atoms with Gasteiger partial charge in [0, 0.05) is 35.1 Å². The number of nitrogens with zero attached hydrogens (tertiary/aromatic N) is 2. The van der Waals surface area contributed by atoms with Gasteiger partial charge >= 0.3 is 0 Å². The van der Waals surface area contributed by atoms with Gasteiger partial charge in [-0.15, -0.1) is 0 Å². The second-order valence-electron chi connectivity index (χ2n) is 4.78. The molecule has 1 atom stereocenters. The first-order chi connectivity index (χ1) is 9.68. The average Bonchev–Trinajstić information content (AvgIpc) is 2.46. The minimum absolute atomic E-state index is 0.352. The van der Waals surface area contributed by atoms with Gasteiger partial charge in [-0.05, 0) is 23.9 Å². The number of aryl methyl sites for hydroxylation is 1. The summed E-state index contributed by atoms with van der Waals surface area (Å²) in [6.45, 7) is 1.91. The van der Waals surface area contributed by atoms with E-state index in [0.717, 1.165) is 21.9 Å². The van der Waals surface area contributed by atoms with Crippen molar-refractivity contribution in [2.75, 3.05) is 5.73 Å². The largest absolute Gasteiger partial charge is 0.383 e. The van der Waals surface area contributed by atoms with Crippen LogP contribution in [0, 0.1) is 6.92 Å². The lowest BCUT2D eigenvalue weighted by Gasteiger charge is -2.17. The molecule has 0 aliphatic rings. The Hall–Kier alpha value is -2.46. The second-order valence-corrected chi connectivity index (χ2v) is 4.78. The Balaban J connectivity index is 2.21. The van der Waals surface area contributed by atoms with E-state index < -0.39 is 6.10 Å². The van der Waals surface area contributed by atoms with Crippen molar-refractivity contribution in [1.82, 2.24) is 9.97 Å². The third-order valence-electron chi connectivity index (χ3n) is 3.51. The zero-order valence-electron chi connectivity index (χ0n) is 11.1. The van der Waals surface area contributed by atoms with Gasteiger partial charge in [0.25, 0.3) is 0 Å². The number of anilines is 1. The normalized spacial score (nSPS) is 12.5. The van der Waals surface area contributed by atoms with Crippen LogP contribution in [0.5, 0.6) is 0 Å². The van der Waals surface area contributed by atoms with Crippen molar-refractivity contribution in [2.45, 2.75) is 13.0 Å². The number of rotatable bonds is 2. The van der Waals surface area contributed by atoms with Gasteiger partial charge in [0.05, 0.1) is 0 Å². The second kappa shape index (κ2) is 4.90. The summed E-state index contributed by atoms with van der Waals surface area (Å²) in [5.41, 5.74) is 8.21. The predicted molar refractivity (Wildman–Crippen MR) is 79.2 cm³/mol. The summed E-state index contributed by atoms with van der Waals surface area (Å²) in [7, 11) is 0. The molecular weight excluding hydrogens is 250 g/mol. The maximum atomic E-state index is 10.7. The van der Waals surface area contributed by atoms with Gasteiger partial charge in [-0.1, -0.05) is 24.3 Å². The van der Waals surface area contributed by atoms with E-state index in [-0.39, 0.29) is 0 Å². The van der Waals surface area contributed by atoms with Crippen LogP contribution in [0.1, 0.15) is 22.8 Å². The molecule has 4 heteroatoms. The lowest BCUT2D eigenvalue weighted by molar-refractivity contribution is 0.221. The summed E-state index contributed by atoms with van der Waals surface area (Å²) in [5.74, 6) is 0.352. The highest BCUT2D eigenvalue weighted by molar-refractivity contribution is 5.85. The van der Waals surface area contributed by atoms with Crippen LogP contribution in [0.3, 0.4) is 0 Å². The standard InChI is InChI=1S/C16H15N3O/c1-10-6-7-19-16(17)14(10)15(20)13-9-18-8-11-4-2-3-5-12(11)13/h2-9,15,20H,1H3,(H2,17,19). The fourth-order valence-electron chi connectivity index (χ4n) is 2.46. The van der Waals surface area contributed by atoms with E-state index >= 15 is 0 Å². The summed E-state index contributed by atoms with van der Waals surface area (Å²) in [5, 5.41) is 12.7. The number of nitrogens with two attached hydrogens (primary N) is 1. The molecule has 1 unspecified atom stereocenters. The summed E-state index contributed by atoms with van der Waals surface area (Å²) in [6, 6.07) is 9.67. The molecule has 100 valence electrons. The number of fused-ring (bicyclic) bond motifs is 1. The van der Waals surface area contributed by atoms with Crippen molar-refractivity contribution in [1.29, 1.82) is 0 Å². The van der Waals surface area contributed by atoms with Gasteiger partial charge in [-0.2, -0.15) is 0 Å². The number of nitrogen functional groups attached to an aromatic ring is 1. The van der Waals surface area contributed by atoms with E-state index in [1.165, 1.54) is 0 Å². The number of hydrogen-bond acceptors (Lipinski definition) is 4. The Morgan fingerprint density at radius 1 is 1.15 bits per heavy atom. The number of benzene rings is 1. The first-order valence-electron chi connectivity index (χ1n) is 6.40. The van der Waals surface area contributed by atoms with Crippen molar-refractivity contribution in [3.05, 3.63) is 65.6 Å². The first-order valence-corrected chi connectivity index (χ1v) is 6.40. The molecule has 0 spiro atoms. The molecule has 0 fully saturated rings. The molecule has 1 aromatic carbocycles. The summed E-state index contributed by atoms with van der Waals surface area (Å²) in [6.07, 6.45) is 4.27. The Morgan fingerprint density at radius 2 is 1.95 bits per heavy atom. The molecule has 0 amide bonds. The molecule has 0 bridgehead atoms. The molecular formula is C16H15N3O. The van der Waals surface area contributed by atoms with Crippen molar-refractivity contribution in [3.8, 4) is 0 Å². The van der Waals surface area contributed by atoms with Crippen molar-refractivity contribution >= 4 is 16.6 Å². The molecule has 3 aromatic rings. The fraction of sp³-hybridized carbons (Fsp3) is 0.125. The summed E-state index contributed by atoms with van der Waals surface area (Å²) < 4.78 is 0. The van der Waals surface area contributed by atoms with Crippen LogP contribution < -0.4 is 5.73 Å². The highest BCUT2D eigenvalue weighted by Gasteiger charge is 2.19. The summed E-state index contributed by atoms with van der Waals surface area (Å²) in [4.78, 5) is 8.26. The van der Waals surface area contributed by atoms with E-state index in [4.69, 9.17) is 5.73 Å². The minimum atomic E-state index is -0.831. The van der Waals surface area contributed by atoms with Crippen LogP contribution in [0.2, 0.25) is 0 Å². The van der Waals surface area contributed by atoms with Gasteiger partial charge < -0.3 is 10.8 Å². The molecule has 3 rings (SSSR count). The molecule has 2 heterocycles. The maximum Gasteiger partial charge on any atom is 0.129 e. The van der Waals surface area contributed by atoms with Crippen LogP contribution in [0.25, 0.3) is 10.8 Å². The van der Waals surface area contributed by atoms with E-state index in [2.05, 4.69) is 9.97 Å². The van der Waals surface area contributed by atoms with Gasteiger partial charge in [-0.3, -0.25) is 4.98 Å². The van der Waals surface area contributed by atoms with Crippen LogP contribution in [0.4, 0.5) is 5.82 Å². The van der Waals surface area contributed by atoms with Gasteiger partial charge in [0.2, 0.25) is 0 Å². The van der Waals surface area contributed by atoms with Gasteiger partial charge in [0.1, 0.15) is 11.9 Å². The number of pyridine rings is 2. The predicted octanol–water partition coefficient (Wildman–Crippen LogP) is 2.60. The van der Waals surface area contributed by atoms with E-state index in [0.29, 0.717) is 11.4 Å². The van der Waals surface area contributed by atoms with Crippen LogP contribution in [-0.4, -0.2) is 15.1 Å². The number of aromatic nitrogens is 2. The van der Waals surface area contributed by atoms with Crippen molar-refractivity contribution < 1.29 is 5.11 Å². The van der Waals surface area contributed by atoms with Crippen LogP contribution in [0.15, 0.2) is 48.9 Å². The lowest BCUT2D eigenvalue weighted by Crippen LogP contribution is -2.08. The molecule has 3 N–H and O–H groups in total. The molecule has 4 nitrogen and oxygen atoms in total. The SMILES string of the molecule is Cc1ccnc(N)c1C(O)c1cncc2ccccc12. The molecule has 0 saturated carbocycles. The maximum absolute atomic E-state index is 10.7. The smallest absolute Gasteiger partial charge is 0.129 e. The molecule has 20 heavy (non-hydrogen) atoms. The van der Waals surface area contributed by atoms with Crippen molar-refractivity contribution in [2.24, 2.45) is 0 Å². The Labute approximate surface area is 116 Å². The number of aliphatic hydroxyl groups is 1. The monoisotopic (exact) mass is 265 g/mol.